The first-order chi connectivity index (χ1) is 10.2. The molecule has 1 heterocycles. The lowest BCUT2D eigenvalue weighted by Gasteiger charge is -2.28. The van der Waals surface area contributed by atoms with Gasteiger partial charge in [-0.3, -0.25) is 4.90 Å². The molecule has 1 N–H and O–H groups in total. The molecule has 0 saturated carbocycles. The van der Waals surface area contributed by atoms with Gasteiger partial charge in [0.05, 0.1) is 0 Å². The summed E-state index contributed by atoms with van der Waals surface area (Å²) in [5, 5.41) is 3.25. The monoisotopic (exact) mass is 289 g/mol. The quantitative estimate of drug-likeness (QED) is 0.792. The van der Waals surface area contributed by atoms with Gasteiger partial charge in [0.25, 0.3) is 0 Å². The molecule has 21 heavy (non-hydrogen) atoms. The molecule has 1 aliphatic heterocycles. The van der Waals surface area contributed by atoms with Crippen molar-refractivity contribution in [2.45, 2.75) is 38.8 Å². The molecule has 0 spiro atoms. The summed E-state index contributed by atoms with van der Waals surface area (Å²) < 4.78 is 0. The third-order valence-corrected chi connectivity index (χ3v) is 4.63. The van der Waals surface area contributed by atoms with Crippen molar-refractivity contribution in [3.63, 3.8) is 0 Å². The summed E-state index contributed by atoms with van der Waals surface area (Å²) in [6, 6.07) is 9.64. The van der Waals surface area contributed by atoms with E-state index in [1.54, 1.807) is 0 Å². The molecular weight excluding hydrogens is 258 g/mol. The highest BCUT2D eigenvalue weighted by molar-refractivity contribution is 5.27. The van der Waals surface area contributed by atoms with E-state index in [9.17, 15) is 0 Å². The highest BCUT2D eigenvalue weighted by Gasteiger charge is 2.24. The molecule has 2 rings (SSSR count). The van der Waals surface area contributed by atoms with Crippen molar-refractivity contribution in [3.05, 3.63) is 35.4 Å². The second-order valence-electron chi connectivity index (χ2n) is 6.24. The van der Waals surface area contributed by atoms with E-state index in [0.29, 0.717) is 0 Å². The predicted molar refractivity (Wildman–Crippen MR) is 90.7 cm³/mol. The Hall–Kier alpha value is -0.900. The number of benzene rings is 1. The fourth-order valence-electron chi connectivity index (χ4n) is 3.45. The van der Waals surface area contributed by atoms with E-state index >= 15 is 0 Å². The van der Waals surface area contributed by atoms with Crippen molar-refractivity contribution in [3.8, 4) is 0 Å². The lowest BCUT2D eigenvalue weighted by molar-refractivity contribution is 0.194. The van der Waals surface area contributed by atoms with Crippen LogP contribution in [0.5, 0.6) is 0 Å². The van der Waals surface area contributed by atoms with Gasteiger partial charge in [0.15, 0.2) is 0 Å². The van der Waals surface area contributed by atoms with Crippen LogP contribution in [0.3, 0.4) is 0 Å². The fourth-order valence-corrected chi connectivity index (χ4v) is 3.45. The molecule has 1 aliphatic rings. The number of hydrogen-bond donors (Lipinski definition) is 1. The summed E-state index contributed by atoms with van der Waals surface area (Å²) in [6.07, 6.45) is 3.84. The topological polar surface area (TPSA) is 18.5 Å². The third kappa shape index (κ3) is 4.80. The molecule has 118 valence electrons. The Morgan fingerprint density at radius 3 is 2.76 bits per heavy atom. The van der Waals surface area contributed by atoms with E-state index in [-0.39, 0.29) is 0 Å². The van der Waals surface area contributed by atoms with E-state index in [1.807, 2.05) is 7.05 Å². The van der Waals surface area contributed by atoms with E-state index in [4.69, 9.17) is 0 Å². The van der Waals surface area contributed by atoms with E-state index in [2.05, 4.69) is 53.4 Å². The number of hydrogen-bond acceptors (Lipinski definition) is 3. The van der Waals surface area contributed by atoms with Crippen molar-refractivity contribution >= 4 is 0 Å². The van der Waals surface area contributed by atoms with Gasteiger partial charge in [0, 0.05) is 19.1 Å². The molecule has 1 saturated heterocycles. The Bertz CT molecular complexity index is 419. The van der Waals surface area contributed by atoms with Crippen LogP contribution in [0.25, 0.3) is 0 Å². The molecule has 1 unspecified atom stereocenters. The number of likely N-dealkylation sites (N-methyl/N-ethyl adjacent to an activating group) is 3. The van der Waals surface area contributed by atoms with Crippen LogP contribution in [0.15, 0.2) is 24.3 Å². The first kappa shape index (κ1) is 16.5. The van der Waals surface area contributed by atoms with Gasteiger partial charge >= 0.3 is 0 Å². The maximum Gasteiger partial charge on any atom is 0.0234 e. The average Bonchev–Trinajstić information content (AvgIpc) is 2.93. The van der Waals surface area contributed by atoms with Gasteiger partial charge in [-0.1, -0.05) is 31.2 Å². The molecule has 3 nitrogen and oxygen atoms in total. The lowest BCUT2D eigenvalue weighted by atomic mass is 10.0. The highest BCUT2D eigenvalue weighted by atomic mass is 15.2. The second kappa shape index (κ2) is 8.52. The van der Waals surface area contributed by atoms with Crippen molar-refractivity contribution in [2.75, 3.05) is 40.3 Å². The first-order valence-electron chi connectivity index (χ1n) is 8.38. The minimum Gasteiger partial charge on any atom is -0.319 e. The highest BCUT2D eigenvalue weighted by Crippen LogP contribution is 2.19. The standard InChI is InChI=1S/C18H31N3/c1-4-21-13-7-10-18(21)15-20(3)14-17-9-6-5-8-16(17)11-12-19-2/h5-6,8-9,18-19H,4,7,10-15H2,1-3H3. The summed E-state index contributed by atoms with van der Waals surface area (Å²) in [4.78, 5) is 5.13. The van der Waals surface area contributed by atoms with Crippen LogP contribution in [-0.4, -0.2) is 56.1 Å². The van der Waals surface area contributed by atoms with Crippen molar-refractivity contribution in [1.82, 2.24) is 15.1 Å². The van der Waals surface area contributed by atoms with Crippen LogP contribution in [0.1, 0.15) is 30.9 Å². The van der Waals surface area contributed by atoms with Crippen LogP contribution in [-0.2, 0) is 13.0 Å². The maximum atomic E-state index is 3.25. The van der Waals surface area contributed by atoms with Crippen molar-refractivity contribution in [1.29, 1.82) is 0 Å². The summed E-state index contributed by atoms with van der Waals surface area (Å²) >= 11 is 0. The minimum absolute atomic E-state index is 0.754. The Kier molecular flexibility index (Phi) is 6.68. The summed E-state index contributed by atoms with van der Waals surface area (Å²) in [7, 11) is 4.29. The molecule has 1 aromatic rings. The maximum absolute atomic E-state index is 3.25. The van der Waals surface area contributed by atoms with Gasteiger partial charge in [-0.15, -0.1) is 0 Å². The second-order valence-corrected chi connectivity index (χ2v) is 6.24. The SMILES string of the molecule is CCN1CCCC1CN(C)Cc1ccccc1CCNC. The molecule has 1 fully saturated rings. The van der Waals surface area contributed by atoms with Crippen LogP contribution >= 0.6 is 0 Å². The largest absolute Gasteiger partial charge is 0.319 e. The molecule has 1 atom stereocenters. The summed E-state index contributed by atoms with van der Waals surface area (Å²) in [5.74, 6) is 0. The van der Waals surface area contributed by atoms with Gasteiger partial charge in [-0.2, -0.15) is 0 Å². The predicted octanol–water partition coefficient (Wildman–Crippen LogP) is 2.36. The molecule has 0 amide bonds. The van der Waals surface area contributed by atoms with Crippen LogP contribution in [0.4, 0.5) is 0 Å². The average molecular weight is 289 g/mol. The van der Waals surface area contributed by atoms with Gasteiger partial charge in [0.1, 0.15) is 0 Å². The van der Waals surface area contributed by atoms with E-state index < -0.39 is 0 Å². The molecule has 0 aromatic heterocycles. The van der Waals surface area contributed by atoms with Crippen LogP contribution < -0.4 is 5.32 Å². The number of rotatable bonds is 8. The van der Waals surface area contributed by atoms with Gasteiger partial charge < -0.3 is 10.2 Å². The van der Waals surface area contributed by atoms with Crippen molar-refractivity contribution < 1.29 is 0 Å². The number of nitrogens with zero attached hydrogens (tertiary/aromatic N) is 2. The molecule has 0 radical (unpaired) electrons. The molecular formula is C18H31N3. The van der Waals surface area contributed by atoms with Gasteiger partial charge in [-0.25, -0.2) is 0 Å². The Labute approximate surface area is 130 Å². The van der Waals surface area contributed by atoms with Gasteiger partial charge in [-0.05, 0) is 64.1 Å². The smallest absolute Gasteiger partial charge is 0.0234 e. The Balaban J connectivity index is 1.91. The Morgan fingerprint density at radius 1 is 1.29 bits per heavy atom. The van der Waals surface area contributed by atoms with Gasteiger partial charge in [0.2, 0.25) is 0 Å². The first-order valence-corrected chi connectivity index (χ1v) is 8.38. The van der Waals surface area contributed by atoms with E-state index in [1.165, 1.54) is 43.6 Å². The number of likely N-dealkylation sites (tertiary alicyclic amines) is 1. The zero-order valence-corrected chi connectivity index (χ0v) is 13.9. The zero-order chi connectivity index (χ0) is 15.1. The third-order valence-electron chi connectivity index (χ3n) is 4.63. The molecule has 0 aliphatic carbocycles. The van der Waals surface area contributed by atoms with Crippen LogP contribution in [0, 0.1) is 0 Å². The lowest BCUT2D eigenvalue weighted by Crippen LogP contribution is -2.38. The number of nitrogens with one attached hydrogen (secondary N) is 1. The van der Waals surface area contributed by atoms with Crippen molar-refractivity contribution in [2.24, 2.45) is 0 Å². The normalized spacial score (nSPS) is 19.5. The molecule has 0 bridgehead atoms. The summed E-state index contributed by atoms with van der Waals surface area (Å²) in [5.41, 5.74) is 2.97. The Morgan fingerprint density at radius 2 is 2.05 bits per heavy atom. The molecule has 3 heteroatoms. The van der Waals surface area contributed by atoms with E-state index in [0.717, 1.165) is 25.6 Å². The zero-order valence-electron chi connectivity index (χ0n) is 13.9. The summed E-state index contributed by atoms with van der Waals surface area (Å²) in [6.45, 7) is 8.06. The van der Waals surface area contributed by atoms with Crippen LogP contribution in [0.2, 0.25) is 0 Å². The fraction of sp³-hybridized carbons (Fsp3) is 0.667. The minimum atomic E-state index is 0.754. The molecule has 1 aromatic carbocycles.